The van der Waals surface area contributed by atoms with Gasteiger partial charge in [-0.05, 0) is 44.9 Å². The molecule has 2 rings (SSSR count). The van der Waals surface area contributed by atoms with Crippen LogP contribution < -0.4 is 4.90 Å². The normalized spacial score (nSPS) is 23.0. The molecule has 0 aromatic heterocycles. The van der Waals surface area contributed by atoms with Crippen LogP contribution in [0.25, 0.3) is 0 Å². The summed E-state index contributed by atoms with van der Waals surface area (Å²) in [5.41, 5.74) is 0. The lowest BCUT2D eigenvalue weighted by molar-refractivity contribution is -0.955. The Morgan fingerprint density at radius 1 is 1.32 bits per heavy atom. The summed E-state index contributed by atoms with van der Waals surface area (Å²) >= 11 is 7.00. The smallest absolute Gasteiger partial charge is 0.248 e. The highest BCUT2D eigenvalue weighted by Crippen LogP contribution is 2.27. The average molecular weight is 344 g/mol. The summed E-state index contributed by atoms with van der Waals surface area (Å²) in [5.74, 6) is -0.0253. The number of amidine groups is 1. The molecule has 1 fully saturated rings. The van der Waals surface area contributed by atoms with Gasteiger partial charge in [0, 0.05) is 13.0 Å². The maximum atomic E-state index is 11.7. The van der Waals surface area contributed by atoms with Crippen molar-refractivity contribution >= 4 is 39.4 Å². The van der Waals surface area contributed by atoms with Gasteiger partial charge in [-0.25, -0.2) is 5.01 Å². The first-order valence-electron chi connectivity index (χ1n) is 8.21. The molecule has 3 atom stereocenters. The molecule has 7 heteroatoms. The van der Waals surface area contributed by atoms with Crippen LogP contribution in [0, 0.1) is 0 Å². The maximum absolute atomic E-state index is 11.7. The summed E-state index contributed by atoms with van der Waals surface area (Å²) in [6, 6.07) is 1.16. The van der Waals surface area contributed by atoms with Crippen molar-refractivity contribution in [3.8, 4) is 0 Å². The number of fused-ring (bicyclic) bond motifs is 1. The third kappa shape index (κ3) is 3.81. The van der Waals surface area contributed by atoms with Crippen molar-refractivity contribution in [2.75, 3.05) is 13.2 Å². The molecule has 0 aromatic carbocycles. The molecule has 0 aromatic rings. The number of hydrogen-bond acceptors (Lipinski definition) is 4. The lowest BCUT2D eigenvalue weighted by atomic mass is 10.1. The number of aliphatic imine (C=N–C) groups is 1. The number of hydrazine groups is 1. The first-order valence-corrected chi connectivity index (χ1v) is 9.44. The van der Waals surface area contributed by atoms with Gasteiger partial charge in [0.2, 0.25) is 5.91 Å². The summed E-state index contributed by atoms with van der Waals surface area (Å²) in [6.45, 7) is 10.8. The molecular weight excluding hydrogens is 316 g/mol. The molecule has 2 aliphatic heterocycles. The minimum Gasteiger partial charge on any atom is -0.312 e. The van der Waals surface area contributed by atoms with E-state index in [9.17, 15) is 4.79 Å². The van der Waals surface area contributed by atoms with Gasteiger partial charge >= 0.3 is 0 Å². The number of thioether (sulfide) groups is 1. The quantitative estimate of drug-likeness (QED) is 0.743. The molecule has 0 aliphatic carbocycles. The predicted octanol–water partition coefficient (Wildman–Crippen LogP) is 1.65. The molecule has 22 heavy (non-hydrogen) atoms. The molecule has 0 bridgehead atoms. The highest BCUT2D eigenvalue weighted by atomic mass is 32.2. The van der Waals surface area contributed by atoms with Crippen LogP contribution in [0.4, 0.5) is 0 Å². The van der Waals surface area contributed by atoms with Gasteiger partial charge in [0.25, 0.3) is 0 Å². The molecule has 0 radical (unpaired) electrons. The van der Waals surface area contributed by atoms with Crippen LogP contribution in [-0.2, 0) is 4.79 Å². The zero-order valence-electron chi connectivity index (χ0n) is 14.0. The van der Waals surface area contributed by atoms with Crippen molar-refractivity contribution in [3.05, 3.63) is 0 Å². The van der Waals surface area contributed by atoms with Crippen molar-refractivity contribution in [2.24, 2.45) is 4.99 Å². The third-order valence-electron chi connectivity index (χ3n) is 4.71. The van der Waals surface area contributed by atoms with Gasteiger partial charge in [0.1, 0.15) is 0 Å². The number of amides is 1. The van der Waals surface area contributed by atoms with E-state index in [0.717, 1.165) is 42.0 Å². The van der Waals surface area contributed by atoms with Gasteiger partial charge in [0.05, 0.1) is 12.1 Å². The largest absolute Gasteiger partial charge is 0.312 e. The number of rotatable bonds is 6. The standard InChI is InChI=1S/C15H26N4OS2/c1-5-11(3)17(12(4)6-2)10-19-15(21)22-14-16-13(20)8-7-9-18(14)19/h11-12H,5-10H2,1-4H3/p+1/t11-,12+. The summed E-state index contributed by atoms with van der Waals surface area (Å²) in [5, 5.41) is 5.04. The van der Waals surface area contributed by atoms with E-state index >= 15 is 0 Å². The molecule has 2 aliphatic rings. The highest BCUT2D eigenvalue weighted by molar-refractivity contribution is 8.33. The maximum Gasteiger partial charge on any atom is 0.248 e. The first kappa shape index (κ1) is 17.7. The van der Waals surface area contributed by atoms with Crippen LogP contribution in [0.1, 0.15) is 53.4 Å². The van der Waals surface area contributed by atoms with E-state index in [4.69, 9.17) is 12.2 Å². The zero-order chi connectivity index (χ0) is 16.3. The van der Waals surface area contributed by atoms with E-state index in [1.54, 1.807) is 4.90 Å². The fourth-order valence-electron chi connectivity index (χ4n) is 2.87. The van der Waals surface area contributed by atoms with Crippen molar-refractivity contribution in [2.45, 2.75) is 65.5 Å². The summed E-state index contributed by atoms with van der Waals surface area (Å²) < 4.78 is 0.817. The Kier molecular flexibility index (Phi) is 6.23. The number of quaternary nitrogens is 1. The third-order valence-corrected chi connectivity index (χ3v) is 6.04. The molecule has 1 amide bonds. The minimum atomic E-state index is -0.0253. The average Bonchev–Trinajstić information content (AvgIpc) is 2.66. The summed E-state index contributed by atoms with van der Waals surface area (Å²) in [7, 11) is 0. The lowest BCUT2D eigenvalue weighted by Crippen LogP contribution is -3.20. The second-order valence-corrected chi connectivity index (χ2v) is 7.74. The van der Waals surface area contributed by atoms with E-state index in [-0.39, 0.29) is 5.91 Å². The predicted molar refractivity (Wildman–Crippen MR) is 95.7 cm³/mol. The highest BCUT2D eigenvalue weighted by Gasteiger charge is 2.37. The number of carbonyl (C=O) groups excluding carboxylic acids is 1. The molecule has 124 valence electrons. The van der Waals surface area contributed by atoms with Crippen molar-refractivity contribution < 1.29 is 9.69 Å². The van der Waals surface area contributed by atoms with Gasteiger partial charge in [-0.15, -0.1) is 0 Å². The molecule has 0 spiro atoms. The monoisotopic (exact) mass is 343 g/mol. The number of carbonyl (C=O) groups is 1. The molecule has 1 N–H and O–H groups in total. The van der Waals surface area contributed by atoms with Crippen molar-refractivity contribution in [1.82, 2.24) is 10.0 Å². The Morgan fingerprint density at radius 3 is 2.55 bits per heavy atom. The van der Waals surface area contributed by atoms with Crippen LogP contribution >= 0.6 is 24.0 Å². The number of hydrogen-bond donors (Lipinski definition) is 1. The fraction of sp³-hybridized carbons (Fsp3) is 0.800. The fourth-order valence-corrected chi connectivity index (χ4v) is 4.12. The number of thiocarbonyl (C=S) groups is 1. The van der Waals surface area contributed by atoms with Gasteiger partial charge in [0.15, 0.2) is 16.2 Å². The Morgan fingerprint density at radius 2 is 1.95 bits per heavy atom. The van der Waals surface area contributed by atoms with Crippen LogP contribution in [0.3, 0.4) is 0 Å². The van der Waals surface area contributed by atoms with Crippen molar-refractivity contribution in [1.29, 1.82) is 0 Å². The Bertz CT molecular complexity index is 458. The van der Waals surface area contributed by atoms with Crippen molar-refractivity contribution in [3.63, 3.8) is 0 Å². The summed E-state index contributed by atoms with van der Waals surface area (Å²) in [6.07, 6.45) is 3.67. The van der Waals surface area contributed by atoms with E-state index in [0.29, 0.717) is 18.5 Å². The molecule has 2 heterocycles. The number of nitrogens with zero attached hydrogens (tertiary/aromatic N) is 3. The molecular formula is C15H27N4OS2+. The van der Waals surface area contributed by atoms with Gasteiger partial charge in [-0.1, -0.05) is 26.1 Å². The Hall–Kier alpha value is -0.660. The van der Waals surface area contributed by atoms with Crippen LogP contribution in [0.2, 0.25) is 0 Å². The molecule has 1 saturated heterocycles. The van der Waals surface area contributed by atoms with Gasteiger partial charge in [-0.3, -0.25) is 9.80 Å². The topological polar surface area (TPSA) is 40.4 Å². The number of nitrogens with one attached hydrogen (secondary N) is 1. The lowest BCUT2D eigenvalue weighted by Gasteiger charge is -2.37. The van der Waals surface area contributed by atoms with E-state index in [1.165, 1.54) is 11.8 Å². The SMILES string of the molecule is CC[C@@H](C)[NH+](CN1C(=S)SC2=NC(=O)CCCN21)[C@@H](C)CC. The summed E-state index contributed by atoms with van der Waals surface area (Å²) in [4.78, 5) is 17.4. The molecule has 1 unspecified atom stereocenters. The first-order chi connectivity index (χ1) is 10.5. The van der Waals surface area contributed by atoms with Crippen LogP contribution in [0.5, 0.6) is 0 Å². The van der Waals surface area contributed by atoms with Gasteiger partial charge in [-0.2, -0.15) is 4.99 Å². The second kappa shape index (κ2) is 7.75. The minimum absolute atomic E-state index is 0.0253. The zero-order valence-corrected chi connectivity index (χ0v) is 15.6. The Labute approximate surface area is 143 Å². The van der Waals surface area contributed by atoms with E-state index < -0.39 is 0 Å². The van der Waals surface area contributed by atoms with Crippen LogP contribution in [0.15, 0.2) is 4.99 Å². The van der Waals surface area contributed by atoms with Gasteiger partial charge < -0.3 is 4.90 Å². The molecule has 5 nitrogen and oxygen atoms in total. The van der Waals surface area contributed by atoms with E-state index in [1.807, 2.05) is 0 Å². The second-order valence-electron chi connectivity index (χ2n) is 6.13. The molecule has 0 saturated carbocycles. The Balaban J connectivity index is 2.17. The van der Waals surface area contributed by atoms with E-state index in [2.05, 4.69) is 42.7 Å². The van der Waals surface area contributed by atoms with Crippen LogP contribution in [-0.4, -0.2) is 50.7 Å².